The topological polar surface area (TPSA) is 26.0 Å². The van der Waals surface area contributed by atoms with Gasteiger partial charge in [-0.1, -0.05) is 22.0 Å². The van der Waals surface area contributed by atoms with Gasteiger partial charge in [-0.25, -0.2) is 0 Å². The van der Waals surface area contributed by atoms with Crippen molar-refractivity contribution in [3.8, 4) is 0 Å². The van der Waals surface area contributed by atoms with Crippen LogP contribution in [0.15, 0.2) is 16.6 Å². The molecule has 0 spiro atoms. The second kappa shape index (κ2) is 3.60. The number of aryl methyl sites for hydroxylation is 1. The quantitative estimate of drug-likeness (QED) is 0.873. The Hall–Kier alpha value is -0.340. The van der Waals surface area contributed by atoms with Gasteiger partial charge in [0.05, 0.1) is 0 Å². The molecule has 2 heteroatoms. The molecule has 1 atom stereocenters. The van der Waals surface area contributed by atoms with Crippen molar-refractivity contribution in [2.75, 3.05) is 0 Å². The Balaban J connectivity index is 2.57. The Bertz CT molecular complexity index is 392. The molecule has 1 aromatic carbocycles. The van der Waals surface area contributed by atoms with E-state index in [1.54, 1.807) is 0 Å². The van der Waals surface area contributed by atoms with E-state index < -0.39 is 0 Å². The van der Waals surface area contributed by atoms with Crippen LogP contribution < -0.4 is 5.73 Å². The van der Waals surface area contributed by atoms with E-state index in [1.807, 2.05) is 0 Å². The second-order valence-electron chi connectivity index (χ2n) is 4.81. The molecular formula is C13H18BrN. The van der Waals surface area contributed by atoms with E-state index in [4.69, 9.17) is 5.73 Å². The molecule has 0 bridgehead atoms. The largest absolute Gasteiger partial charge is 0.327 e. The number of halogens is 1. The summed E-state index contributed by atoms with van der Waals surface area (Å²) in [5, 5.41) is 0. The van der Waals surface area contributed by atoms with Crippen molar-refractivity contribution in [3.05, 3.63) is 33.3 Å². The molecule has 1 fully saturated rings. The zero-order valence-corrected chi connectivity index (χ0v) is 11.2. The van der Waals surface area contributed by atoms with Gasteiger partial charge in [-0.2, -0.15) is 0 Å². The molecule has 1 aliphatic rings. The highest BCUT2D eigenvalue weighted by Crippen LogP contribution is 2.53. The first-order valence-electron chi connectivity index (χ1n) is 5.51. The van der Waals surface area contributed by atoms with Gasteiger partial charge in [0.1, 0.15) is 0 Å². The van der Waals surface area contributed by atoms with Crippen molar-refractivity contribution >= 4 is 15.9 Å². The Morgan fingerprint density at radius 3 is 2.40 bits per heavy atom. The van der Waals surface area contributed by atoms with Gasteiger partial charge in [0.25, 0.3) is 0 Å². The zero-order valence-electron chi connectivity index (χ0n) is 9.60. The van der Waals surface area contributed by atoms with Crippen LogP contribution in [0.25, 0.3) is 0 Å². The molecule has 1 unspecified atom stereocenters. The van der Waals surface area contributed by atoms with E-state index in [2.05, 4.69) is 48.8 Å². The summed E-state index contributed by atoms with van der Waals surface area (Å²) in [5.41, 5.74) is 10.6. The molecule has 1 aromatic rings. The Morgan fingerprint density at radius 1 is 1.33 bits per heavy atom. The molecule has 2 rings (SSSR count). The maximum absolute atomic E-state index is 6.14. The summed E-state index contributed by atoms with van der Waals surface area (Å²) in [5.74, 6) is 0. The normalized spacial score (nSPS) is 20.1. The lowest BCUT2D eigenvalue weighted by Gasteiger charge is -2.25. The number of hydrogen-bond donors (Lipinski definition) is 1. The first kappa shape index (κ1) is 11.2. The fourth-order valence-electron chi connectivity index (χ4n) is 2.66. The lowest BCUT2D eigenvalue weighted by atomic mass is 9.83. The molecule has 0 saturated heterocycles. The van der Waals surface area contributed by atoms with Gasteiger partial charge in [-0.05, 0) is 56.4 Å². The summed E-state index contributed by atoms with van der Waals surface area (Å²) in [6.07, 6.45) is 2.48. The minimum absolute atomic E-state index is 0.254. The van der Waals surface area contributed by atoms with Crippen molar-refractivity contribution in [2.24, 2.45) is 5.73 Å². The van der Waals surface area contributed by atoms with E-state index >= 15 is 0 Å². The minimum Gasteiger partial charge on any atom is -0.327 e. The predicted octanol–water partition coefficient (Wildman–Crippen LogP) is 3.44. The number of hydrogen-bond acceptors (Lipinski definition) is 1. The third-order valence-electron chi connectivity index (χ3n) is 3.77. The molecule has 0 heterocycles. The van der Waals surface area contributed by atoms with Crippen molar-refractivity contribution in [1.29, 1.82) is 0 Å². The van der Waals surface area contributed by atoms with Gasteiger partial charge >= 0.3 is 0 Å². The number of nitrogens with two attached hydrogens (primary N) is 1. The number of rotatable bonds is 2. The molecule has 15 heavy (non-hydrogen) atoms. The van der Waals surface area contributed by atoms with Crippen molar-refractivity contribution < 1.29 is 0 Å². The third-order valence-corrected chi connectivity index (χ3v) is 4.62. The molecule has 0 aromatic heterocycles. The summed E-state index contributed by atoms with van der Waals surface area (Å²) >= 11 is 3.61. The lowest BCUT2D eigenvalue weighted by molar-refractivity contribution is 0.551. The number of benzene rings is 1. The molecule has 2 N–H and O–H groups in total. The molecule has 0 radical (unpaired) electrons. The van der Waals surface area contributed by atoms with E-state index in [9.17, 15) is 0 Å². The molecule has 0 amide bonds. The van der Waals surface area contributed by atoms with Crippen LogP contribution in [0, 0.1) is 13.8 Å². The zero-order chi connectivity index (χ0) is 11.2. The highest BCUT2D eigenvalue weighted by molar-refractivity contribution is 9.10. The standard InChI is InChI=1S/C13H18BrN/c1-8-4-5-11(14)9(2)12(8)13(6-7-13)10(3)15/h4-5,10H,6-7,15H2,1-3H3. The second-order valence-corrected chi connectivity index (χ2v) is 5.66. The first-order chi connectivity index (χ1) is 6.99. The van der Waals surface area contributed by atoms with E-state index in [-0.39, 0.29) is 11.5 Å². The van der Waals surface area contributed by atoms with Crippen molar-refractivity contribution in [3.63, 3.8) is 0 Å². The molecule has 1 saturated carbocycles. The average molecular weight is 268 g/mol. The fraction of sp³-hybridized carbons (Fsp3) is 0.538. The molecule has 1 nitrogen and oxygen atoms in total. The van der Waals surface area contributed by atoms with E-state index in [1.165, 1.54) is 34.0 Å². The monoisotopic (exact) mass is 267 g/mol. The van der Waals surface area contributed by atoms with Crippen LogP contribution in [0.3, 0.4) is 0 Å². The fourth-order valence-corrected chi connectivity index (χ4v) is 2.99. The summed E-state index contributed by atoms with van der Waals surface area (Å²) < 4.78 is 1.20. The Kier molecular flexibility index (Phi) is 2.68. The summed E-state index contributed by atoms with van der Waals surface area (Å²) in [4.78, 5) is 0. The van der Waals surface area contributed by atoms with E-state index in [0.29, 0.717) is 0 Å². The van der Waals surface area contributed by atoms with Gasteiger partial charge in [-0.15, -0.1) is 0 Å². The molecule has 1 aliphatic carbocycles. The molecular weight excluding hydrogens is 250 g/mol. The maximum Gasteiger partial charge on any atom is 0.0207 e. The van der Waals surface area contributed by atoms with Crippen LogP contribution in [-0.4, -0.2) is 6.04 Å². The van der Waals surface area contributed by atoms with Crippen LogP contribution in [-0.2, 0) is 5.41 Å². The highest BCUT2D eigenvalue weighted by Gasteiger charge is 2.49. The van der Waals surface area contributed by atoms with Gasteiger partial charge in [-0.3, -0.25) is 0 Å². The van der Waals surface area contributed by atoms with Crippen LogP contribution in [0.1, 0.15) is 36.5 Å². The predicted molar refractivity (Wildman–Crippen MR) is 68.2 cm³/mol. The van der Waals surface area contributed by atoms with Gasteiger partial charge in [0, 0.05) is 15.9 Å². The van der Waals surface area contributed by atoms with Crippen LogP contribution in [0.4, 0.5) is 0 Å². The lowest BCUT2D eigenvalue weighted by Crippen LogP contribution is -2.32. The Labute approximate surface area is 100 Å². The highest BCUT2D eigenvalue weighted by atomic mass is 79.9. The van der Waals surface area contributed by atoms with Gasteiger partial charge < -0.3 is 5.73 Å². The van der Waals surface area contributed by atoms with Gasteiger partial charge in [0.2, 0.25) is 0 Å². The van der Waals surface area contributed by atoms with Crippen LogP contribution in [0.2, 0.25) is 0 Å². The maximum atomic E-state index is 6.14. The minimum atomic E-state index is 0.254. The van der Waals surface area contributed by atoms with Crippen molar-refractivity contribution in [1.82, 2.24) is 0 Å². The average Bonchev–Trinajstić information content (AvgIpc) is 2.93. The summed E-state index contributed by atoms with van der Waals surface area (Å²) in [6, 6.07) is 4.57. The summed E-state index contributed by atoms with van der Waals surface area (Å²) in [7, 11) is 0. The van der Waals surface area contributed by atoms with E-state index in [0.717, 1.165) is 0 Å². The first-order valence-corrected chi connectivity index (χ1v) is 6.30. The van der Waals surface area contributed by atoms with Crippen molar-refractivity contribution in [2.45, 2.75) is 45.1 Å². The summed E-state index contributed by atoms with van der Waals surface area (Å²) in [6.45, 7) is 6.51. The van der Waals surface area contributed by atoms with Crippen LogP contribution >= 0.6 is 15.9 Å². The SMILES string of the molecule is Cc1ccc(Br)c(C)c1C1(C(C)N)CC1. The molecule has 0 aliphatic heterocycles. The smallest absolute Gasteiger partial charge is 0.0207 e. The Morgan fingerprint density at radius 2 is 1.93 bits per heavy atom. The molecule has 82 valence electrons. The van der Waals surface area contributed by atoms with Gasteiger partial charge in [0.15, 0.2) is 0 Å². The van der Waals surface area contributed by atoms with Crippen LogP contribution in [0.5, 0.6) is 0 Å². The third kappa shape index (κ3) is 1.64.